The first-order valence-electron chi connectivity index (χ1n) is 10.8. The summed E-state index contributed by atoms with van der Waals surface area (Å²) in [6, 6.07) is 30.6. The second-order valence-corrected chi connectivity index (χ2v) is 8.25. The minimum absolute atomic E-state index is 0.0738. The highest BCUT2D eigenvalue weighted by molar-refractivity contribution is 5.70. The maximum absolute atomic E-state index is 13.1. The highest BCUT2D eigenvalue weighted by Gasteiger charge is 2.44. The van der Waals surface area contributed by atoms with Crippen LogP contribution in [0.2, 0.25) is 0 Å². The molecule has 31 heavy (non-hydrogen) atoms. The summed E-state index contributed by atoms with van der Waals surface area (Å²) in [4.78, 5) is 17.3. The van der Waals surface area contributed by atoms with Crippen molar-refractivity contribution in [2.45, 2.75) is 19.2 Å². The summed E-state index contributed by atoms with van der Waals surface area (Å²) in [5.74, 6) is 0.332. The average Bonchev–Trinajstić information content (AvgIpc) is 3.36. The molecular formula is C27H26N2O2. The Morgan fingerprint density at radius 1 is 0.806 bits per heavy atom. The SMILES string of the molecule is O=C(OCc1ccccc1)N1CC2CN(Cc3ccccc3)C=C2C1c1ccccc1. The lowest BCUT2D eigenvalue weighted by Crippen LogP contribution is -2.33. The number of nitrogens with zero attached hydrogens (tertiary/aromatic N) is 2. The van der Waals surface area contributed by atoms with Gasteiger partial charge in [-0.1, -0.05) is 91.0 Å². The Bertz CT molecular complexity index is 1050. The molecule has 0 saturated carbocycles. The van der Waals surface area contributed by atoms with Gasteiger partial charge in [0.15, 0.2) is 0 Å². The number of hydrogen-bond acceptors (Lipinski definition) is 3. The normalized spacial score (nSPS) is 19.8. The van der Waals surface area contributed by atoms with Crippen molar-refractivity contribution < 1.29 is 9.53 Å². The molecule has 0 aromatic heterocycles. The van der Waals surface area contributed by atoms with Gasteiger partial charge >= 0.3 is 6.09 Å². The highest BCUT2D eigenvalue weighted by atomic mass is 16.6. The molecule has 1 fully saturated rings. The average molecular weight is 411 g/mol. The lowest BCUT2D eigenvalue weighted by molar-refractivity contribution is 0.0915. The van der Waals surface area contributed by atoms with Gasteiger partial charge in [0, 0.05) is 31.8 Å². The van der Waals surface area contributed by atoms with Crippen molar-refractivity contribution in [1.29, 1.82) is 0 Å². The van der Waals surface area contributed by atoms with Crippen molar-refractivity contribution in [3.63, 3.8) is 0 Å². The van der Waals surface area contributed by atoms with Gasteiger partial charge in [-0.05, 0) is 22.3 Å². The molecule has 0 bridgehead atoms. The van der Waals surface area contributed by atoms with Crippen LogP contribution in [0.1, 0.15) is 22.7 Å². The minimum Gasteiger partial charge on any atom is -0.445 e. The maximum Gasteiger partial charge on any atom is 0.410 e. The number of carbonyl (C=O) groups excluding carboxylic acids is 1. The largest absolute Gasteiger partial charge is 0.445 e. The van der Waals surface area contributed by atoms with E-state index in [4.69, 9.17) is 4.74 Å². The van der Waals surface area contributed by atoms with Gasteiger partial charge in [-0.2, -0.15) is 0 Å². The first kappa shape index (κ1) is 19.4. The topological polar surface area (TPSA) is 32.8 Å². The summed E-state index contributed by atoms with van der Waals surface area (Å²) in [6.45, 7) is 2.79. The van der Waals surface area contributed by atoms with Gasteiger partial charge in [-0.3, -0.25) is 4.90 Å². The zero-order valence-electron chi connectivity index (χ0n) is 17.4. The first-order chi connectivity index (χ1) is 15.3. The Balaban J connectivity index is 1.36. The summed E-state index contributed by atoms with van der Waals surface area (Å²) >= 11 is 0. The lowest BCUT2D eigenvalue weighted by atomic mass is 9.96. The van der Waals surface area contributed by atoms with Crippen LogP contribution in [0, 0.1) is 5.92 Å². The van der Waals surface area contributed by atoms with Crippen LogP contribution in [0.15, 0.2) is 103 Å². The molecule has 2 atom stereocenters. The number of fused-ring (bicyclic) bond motifs is 1. The van der Waals surface area contributed by atoms with Crippen molar-refractivity contribution in [3.8, 4) is 0 Å². The number of likely N-dealkylation sites (tertiary alicyclic amines) is 1. The van der Waals surface area contributed by atoms with Crippen molar-refractivity contribution in [3.05, 3.63) is 119 Å². The second-order valence-electron chi connectivity index (χ2n) is 8.25. The fraction of sp³-hybridized carbons (Fsp3) is 0.222. The summed E-state index contributed by atoms with van der Waals surface area (Å²) in [7, 11) is 0. The molecule has 2 unspecified atom stereocenters. The first-order valence-corrected chi connectivity index (χ1v) is 10.8. The molecule has 2 aliphatic heterocycles. The number of carbonyl (C=O) groups is 1. The van der Waals surface area contributed by atoms with E-state index < -0.39 is 0 Å². The van der Waals surface area contributed by atoms with Gasteiger partial charge in [-0.25, -0.2) is 4.79 Å². The molecule has 0 aliphatic carbocycles. The number of ether oxygens (including phenoxy) is 1. The molecule has 0 radical (unpaired) electrons. The van der Waals surface area contributed by atoms with Crippen LogP contribution in [0.25, 0.3) is 0 Å². The standard InChI is InChI=1S/C27H26N2O2/c30-27(31-20-22-12-6-2-7-13-22)29-18-24-17-28(16-21-10-4-1-5-11-21)19-25(24)26(29)23-14-8-3-9-15-23/h1-15,19,24,26H,16-18,20H2. The van der Waals surface area contributed by atoms with E-state index >= 15 is 0 Å². The molecule has 4 heteroatoms. The van der Waals surface area contributed by atoms with Crippen LogP contribution in [-0.4, -0.2) is 29.0 Å². The molecule has 3 aromatic carbocycles. The van der Waals surface area contributed by atoms with E-state index in [0.29, 0.717) is 19.1 Å². The van der Waals surface area contributed by atoms with E-state index in [1.165, 1.54) is 11.1 Å². The Morgan fingerprint density at radius 3 is 2.10 bits per heavy atom. The van der Waals surface area contributed by atoms with E-state index in [1.54, 1.807) is 0 Å². The Kier molecular flexibility index (Phi) is 5.44. The predicted octanol–water partition coefficient (Wildman–Crippen LogP) is 5.40. The third-order valence-corrected chi connectivity index (χ3v) is 6.09. The maximum atomic E-state index is 13.1. The van der Waals surface area contributed by atoms with Crippen molar-refractivity contribution in [2.24, 2.45) is 5.92 Å². The minimum atomic E-state index is -0.248. The molecule has 2 heterocycles. The van der Waals surface area contributed by atoms with Crippen LogP contribution in [0.3, 0.4) is 0 Å². The lowest BCUT2D eigenvalue weighted by Gasteiger charge is -2.26. The van der Waals surface area contributed by atoms with Gasteiger partial charge in [0.25, 0.3) is 0 Å². The summed E-state index contributed by atoms with van der Waals surface area (Å²) in [6.07, 6.45) is 2.02. The molecule has 5 rings (SSSR count). The van der Waals surface area contributed by atoms with Crippen LogP contribution in [0.5, 0.6) is 0 Å². The molecule has 1 amide bonds. The Morgan fingerprint density at radius 2 is 1.42 bits per heavy atom. The van der Waals surface area contributed by atoms with Crippen molar-refractivity contribution in [2.75, 3.05) is 13.1 Å². The van der Waals surface area contributed by atoms with E-state index in [1.807, 2.05) is 59.5 Å². The van der Waals surface area contributed by atoms with Gasteiger partial charge in [-0.15, -0.1) is 0 Å². The fourth-order valence-electron chi connectivity index (χ4n) is 4.66. The van der Waals surface area contributed by atoms with Crippen molar-refractivity contribution >= 4 is 6.09 Å². The van der Waals surface area contributed by atoms with Crippen LogP contribution >= 0.6 is 0 Å². The van der Waals surface area contributed by atoms with Crippen LogP contribution in [0.4, 0.5) is 4.79 Å². The zero-order valence-corrected chi connectivity index (χ0v) is 17.4. The molecule has 1 saturated heterocycles. The fourth-order valence-corrected chi connectivity index (χ4v) is 4.66. The van der Waals surface area contributed by atoms with E-state index in [2.05, 4.69) is 47.5 Å². The van der Waals surface area contributed by atoms with Gasteiger partial charge in [0.05, 0.1) is 6.04 Å². The molecule has 4 nitrogen and oxygen atoms in total. The van der Waals surface area contributed by atoms with Crippen LogP contribution < -0.4 is 0 Å². The third kappa shape index (κ3) is 4.19. The van der Waals surface area contributed by atoms with E-state index in [0.717, 1.165) is 24.2 Å². The molecule has 3 aromatic rings. The van der Waals surface area contributed by atoms with E-state index in [-0.39, 0.29) is 12.1 Å². The third-order valence-electron chi connectivity index (χ3n) is 6.09. The van der Waals surface area contributed by atoms with Gasteiger partial charge in [0.2, 0.25) is 0 Å². The predicted molar refractivity (Wildman–Crippen MR) is 121 cm³/mol. The summed E-state index contributed by atoms with van der Waals surface area (Å²) in [5.41, 5.74) is 4.74. The van der Waals surface area contributed by atoms with Gasteiger partial charge in [0.1, 0.15) is 6.61 Å². The van der Waals surface area contributed by atoms with E-state index in [9.17, 15) is 4.79 Å². The highest BCUT2D eigenvalue weighted by Crippen LogP contribution is 2.44. The quantitative estimate of drug-likeness (QED) is 0.565. The Labute approximate surface area is 183 Å². The van der Waals surface area contributed by atoms with Crippen molar-refractivity contribution in [1.82, 2.24) is 9.80 Å². The van der Waals surface area contributed by atoms with Gasteiger partial charge < -0.3 is 9.64 Å². The number of benzene rings is 3. The monoisotopic (exact) mass is 410 g/mol. The number of rotatable bonds is 5. The molecule has 156 valence electrons. The van der Waals surface area contributed by atoms with Crippen LogP contribution in [-0.2, 0) is 17.9 Å². The number of hydrogen-bond donors (Lipinski definition) is 0. The zero-order chi connectivity index (χ0) is 21.0. The molecule has 0 N–H and O–H groups in total. The smallest absolute Gasteiger partial charge is 0.410 e. The molecule has 2 aliphatic rings. The second kappa shape index (κ2) is 8.68. The summed E-state index contributed by atoms with van der Waals surface area (Å²) < 4.78 is 5.70. The molecular weight excluding hydrogens is 384 g/mol. The number of amides is 1. The molecule has 0 spiro atoms. The summed E-state index contributed by atoms with van der Waals surface area (Å²) in [5, 5.41) is 0. The Hall–Kier alpha value is -3.53.